The van der Waals surface area contributed by atoms with Gasteiger partial charge in [0.2, 0.25) is 5.91 Å². The maximum absolute atomic E-state index is 12.5. The Morgan fingerprint density at radius 3 is 2.69 bits per heavy atom. The molecule has 1 N–H and O–H groups in total. The van der Waals surface area contributed by atoms with Gasteiger partial charge in [-0.2, -0.15) is 10.1 Å². The summed E-state index contributed by atoms with van der Waals surface area (Å²) in [6, 6.07) is 16.1. The number of aromatic nitrogens is 5. The van der Waals surface area contributed by atoms with E-state index < -0.39 is 0 Å². The molecule has 0 aliphatic carbocycles. The van der Waals surface area contributed by atoms with Crippen molar-refractivity contribution in [2.45, 2.75) is 33.1 Å². The van der Waals surface area contributed by atoms with E-state index in [0.29, 0.717) is 18.6 Å². The number of amides is 1. The number of hydrogen-bond donors (Lipinski definition) is 1. The summed E-state index contributed by atoms with van der Waals surface area (Å²) in [6.07, 6.45) is 3.24. The van der Waals surface area contributed by atoms with Crippen LogP contribution in [0.4, 0.5) is 5.69 Å². The second-order valence-electron chi connectivity index (χ2n) is 7.73. The molecule has 0 saturated heterocycles. The largest absolute Gasteiger partial charge is 0.326 e. The van der Waals surface area contributed by atoms with Crippen molar-refractivity contribution in [1.29, 1.82) is 0 Å². The first-order valence-electron chi connectivity index (χ1n) is 10.5. The van der Waals surface area contributed by atoms with Crippen molar-refractivity contribution < 1.29 is 4.79 Å². The first-order chi connectivity index (χ1) is 15.6. The van der Waals surface area contributed by atoms with Gasteiger partial charge < -0.3 is 5.32 Å². The van der Waals surface area contributed by atoms with Crippen LogP contribution in [0.5, 0.6) is 0 Å². The summed E-state index contributed by atoms with van der Waals surface area (Å²) >= 11 is 1.72. The van der Waals surface area contributed by atoms with E-state index in [1.165, 1.54) is 16.6 Å². The first-order valence-corrected chi connectivity index (χ1v) is 11.3. The van der Waals surface area contributed by atoms with Crippen molar-refractivity contribution in [3.8, 4) is 0 Å². The molecule has 5 aromatic rings. The molecular weight excluding hydrogens is 420 g/mol. The van der Waals surface area contributed by atoms with Crippen LogP contribution in [0.1, 0.15) is 33.9 Å². The van der Waals surface area contributed by atoms with Crippen LogP contribution >= 0.6 is 11.3 Å². The fourth-order valence-electron chi connectivity index (χ4n) is 3.86. The van der Waals surface area contributed by atoms with E-state index in [4.69, 9.17) is 4.98 Å². The zero-order valence-electron chi connectivity index (χ0n) is 17.9. The van der Waals surface area contributed by atoms with Gasteiger partial charge in [0, 0.05) is 29.9 Å². The van der Waals surface area contributed by atoms with Crippen molar-refractivity contribution >= 4 is 38.9 Å². The van der Waals surface area contributed by atoms with Gasteiger partial charge in [-0.15, -0.1) is 11.3 Å². The lowest BCUT2D eigenvalue weighted by Gasteiger charge is -2.11. The van der Waals surface area contributed by atoms with Gasteiger partial charge in [-0.05, 0) is 55.7 Å². The number of aryl methyl sites for hydroxylation is 2. The SMILES string of the molecule is Cc1nc2ncnn2c(C)c1CCC(=O)Nc1ccc(Cc2nc3ccccc3s2)cc1. The average molecular weight is 443 g/mol. The number of rotatable bonds is 6. The van der Waals surface area contributed by atoms with E-state index in [0.717, 1.165) is 39.6 Å². The summed E-state index contributed by atoms with van der Waals surface area (Å²) in [6.45, 7) is 3.92. The summed E-state index contributed by atoms with van der Waals surface area (Å²) in [4.78, 5) is 25.8. The third-order valence-corrected chi connectivity index (χ3v) is 6.56. The molecule has 3 aromatic heterocycles. The number of carbonyl (C=O) groups is 1. The minimum absolute atomic E-state index is 0.0265. The van der Waals surface area contributed by atoms with E-state index in [9.17, 15) is 4.79 Å². The van der Waals surface area contributed by atoms with Crippen molar-refractivity contribution in [3.05, 3.63) is 82.4 Å². The molecule has 0 atom stereocenters. The van der Waals surface area contributed by atoms with Crippen LogP contribution in [-0.4, -0.2) is 30.5 Å². The number of hydrogen-bond acceptors (Lipinski definition) is 6. The van der Waals surface area contributed by atoms with E-state index >= 15 is 0 Å². The lowest BCUT2D eigenvalue weighted by molar-refractivity contribution is -0.116. The van der Waals surface area contributed by atoms with Crippen LogP contribution in [0.2, 0.25) is 0 Å². The van der Waals surface area contributed by atoms with Crippen molar-refractivity contribution in [2.24, 2.45) is 0 Å². The van der Waals surface area contributed by atoms with Gasteiger partial charge in [0.05, 0.1) is 15.2 Å². The highest BCUT2D eigenvalue weighted by molar-refractivity contribution is 7.18. The minimum Gasteiger partial charge on any atom is -0.326 e. The quantitative estimate of drug-likeness (QED) is 0.418. The second kappa shape index (κ2) is 8.47. The summed E-state index contributed by atoms with van der Waals surface area (Å²) in [5.74, 6) is 0.556. The number of benzene rings is 2. The summed E-state index contributed by atoms with van der Waals surface area (Å²) < 4.78 is 2.92. The Balaban J connectivity index is 1.20. The Morgan fingerprint density at radius 2 is 1.88 bits per heavy atom. The molecule has 1 amide bonds. The summed E-state index contributed by atoms with van der Waals surface area (Å²) in [5.41, 5.74) is 5.89. The number of fused-ring (bicyclic) bond motifs is 2. The lowest BCUT2D eigenvalue weighted by atomic mass is 10.1. The number of nitrogens with zero attached hydrogens (tertiary/aromatic N) is 5. The van der Waals surface area contributed by atoms with Crippen LogP contribution in [0.25, 0.3) is 16.0 Å². The maximum atomic E-state index is 12.5. The molecule has 0 spiro atoms. The Morgan fingerprint density at radius 1 is 1.06 bits per heavy atom. The molecule has 0 aliphatic rings. The molecule has 0 bridgehead atoms. The van der Waals surface area contributed by atoms with E-state index in [1.54, 1.807) is 15.9 Å². The maximum Gasteiger partial charge on any atom is 0.252 e. The Bertz CT molecular complexity index is 1390. The van der Waals surface area contributed by atoms with Crippen LogP contribution in [0.3, 0.4) is 0 Å². The standard InChI is InChI=1S/C24H22N6OS/c1-15-19(16(2)30-24(27-15)25-14-26-30)11-12-22(31)28-18-9-7-17(8-10-18)13-23-29-20-5-3-4-6-21(20)32-23/h3-10,14H,11-13H2,1-2H3,(H,28,31). The molecule has 2 aromatic carbocycles. The number of para-hydroxylation sites is 1. The van der Waals surface area contributed by atoms with E-state index in [1.807, 2.05) is 56.3 Å². The summed E-state index contributed by atoms with van der Waals surface area (Å²) in [5, 5.41) is 8.28. The van der Waals surface area contributed by atoms with Crippen molar-refractivity contribution in [2.75, 3.05) is 5.32 Å². The average Bonchev–Trinajstić information content (AvgIpc) is 3.41. The predicted octanol–water partition coefficient (Wildman–Crippen LogP) is 4.51. The highest BCUT2D eigenvalue weighted by Crippen LogP contribution is 2.24. The predicted molar refractivity (Wildman–Crippen MR) is 126 cm³/mol. The van der Waals surface area contributed by atoms with E-state index in [2.05, 4.69) is 26.4 Å². The van der Waals surface area contributed by atoms with Crippen LogP contribution in [0, 0.1) is 13.8 Å². The van der Waals surface area contributed by atoms with Crippen molar-refractivity contribution in [3.63, 3.8) is 0 Å². The van der Waals surface area contributed by atoms with Gasteiger partial charge in [0.15, 0.2) is 0 Å². The molecule has 32 heavy (non-hydrogen) atoms. The molecule has 5 rings (SSSR count). The number of nitrogens with one attached hydrogen (secondary N) is 1. The fourth-order valence-corrected chi connectivity index (χ4v) is 4.86. The second-order valence-corrected chi connectivity index (χ2v) is 8.85. The fraction of sp³-hybridized carbons (Fsp3) is 0.208. The molecule has 8 heteroatoms. The van der Waals surface area contributed by atoms with Gasteiger partial charge in [0.1, 0.15) is 6.33 Å². The number of carbonyl (C=O) groups excluding carboxylic acids is 1. The Labute approximate surface area is 189 Å². The smallest absolute Gasteiger partial charge is 0.252 e. The van der Waals surface area contributed by atoms with Gasteiger partial charge in [-0.25, -0.2) is 14.5 Å². The normalized spacial score (nSPS) is 11.3. The topological polar surface area (TPSA) is 85.1 Å². The molecule has 0 fully saturated rings. The zero-order chi connectivity index (χ0) is 22.1. The van der Waals surface area contributed by atoms with Crippen LogP contribution in [-0.2, 0) is 17.6 Å². The lowest BCUT2D eigenvalue weighted by Crippen LogP contribution is -2.14. The van der Waals surface area contributed by atoms with Gasteiger partial charge in [-0.1, -0.05) is 24.3 Å². The molecule has 0 unspecified atom stereocenters. The molecule has 3 heterocycles. The van der Waals surface area contributed by atoms with Gasteiger partial charge in [-0.3, -0.25) is 4.79 Å². The zero-order valence-corrected chi connectivity index (χ0v) is 18.7. The molecule has 0 radical (unpaired) electrons. The van der Waals surface area contributed by atoms with Gasteiger partial charge >= 0.3 is 0 Å². The van der Waals surface area contributed by atoms with Crippen LogP contribution < -0.4 is 5.32 Å². The first kappa shape index (κ1) is 20.3. The monoisotopic (exact) mass is 442 g/mol. The number of thiazole rings is 1. The highest BCUT2D eigenvalue weighted by Gasteiger charge is 2.13. The van der Waals surface area contributed by atoms with Crippen LogP contribution in [0.15, 0.2) is 54.9 Å². The Hall–Kier alpha value is -3.65. The summed E-state index contributed by atoms with van der Waals surface area (Å²) in [7, 11) is 0. The molecular formula is C24H22N6OS. The van der Waals surface area contributed by atoms with E-state index in [-0.39, 0.29) is 5.91 Å². The Kier molecular flexibility index (Phi) is 5.36. The third-order valence-electron chi connectivity index (χ3n) is 5.52. The van der Waals surface area contributed by atoms with Gasteiger partial charge in [0.25, 0.3) is 5.78 Å². The third kappa shape index (κ3) is 4.09. The van der Waals surface area contributed by atoms with Crippen molar-refractivity contribution in [1.82, 2.24) is 24.6 Å². The number of anilines is 1. The molecule has 160 valence electrons. The molecule has 0 saturated carbocycles. The minimum atomic E-state index is -0.0265. The molecule has 0 aliphatic heterocycles. The highest BCUT2D eigenvalue weighted by atomic mass is 32.1. The molecule has 7 nitrogen and oxygen atoms in total.